The fourth-order valence-electron chi connectivity index (χ4n) is 1.27. The second-order valence-electron chi connectivity index (χ2n) is 3.39. The molecule has 0 saturated carbocycles. The van der Waals surface area contributed by atoms with E-state index in [0.29, 0.717) is 6.42 Å². The molecule has 17 heavy (non-hydrogen) atoms. The summed E-state index contributed by atoms with van der Waals surface area (Å²) in [7, 11) is 0. The van der Waals surface area contributed by atoms with Gasteiger partial charge in [-0.15, -0.1) is 0 Å². The van der Waals surface area contributed by atoms with Crippen LogP contribution in [0.25, 0.3) is 0 Å². The molecule has 1 unspecified atom stereocenters. The van der Waals surface area contributed by atoms with Crippen molar-refractivity contribution in [3.05, 3.63) is 34.2 Å². The summed E-state index contributed by atoms with van der Waals surface area (Å²) in [6, 6.07) is 3.67. The molecule has 1 heterocycles. The van der Waals surface area contributed by atoms with Crippen LogP contribution in [-0.2, 0) is 0 Å². The van der Waals surface area contributed by atoms with Crippen molar-refractivity contribution in [1.29, 1.82) is 0 Å². The Kier molecular flexibility index (Phi) is 4.27. The topological polar surface area (TPSA) is 121 Å². The van der Waals surface area contributed by atoms with E-state index in [0.717, 1.165) is 0 Å². The summed E-state index contributed by atoms with van der Waals surface area (Å²) in [6.07, 6.45) is 0.471. The third kappa shape index (κ3) is 3.33. The molecule has 0 aliphatic carbocycles. The van der Waals surface area contributed by atoms with Crippen LogP contribution in [0, 0.1) is 0 Å². The molecular weight excluding hydrogens is 224 g/mol. The van der Waals surface area contributed by atoms with Crippen molar-refractivity contribution in [2.75, 3.05) is 0 Å². The molecule has 92 valence electrons. The van der Waals surface area contributed by atoms with Crippen LogP contribution in [0.2, 0.25) is 0 Å². The Morgan fingerprint density at radius 1 is 1.65 bits per heavy atom. The van der Waals surface area contributed by atoms with Crippen molar-refractivity contribution in [2.45, 2.75) is 19.4 Å². The van der Waals surface area contributed by atoms with Crippen molar-refractivity contribution >= 4 is 11.7 Å². The maximum Gasteiger partial charge on any atom is 0.268 e. The van der Waals surface area contributed by atoms with Gasteiger partial charge in [0.2, 0.25) is 5.56 Å². The molecule has 0 saturated heterocycles. The molecule has 0 aliphatic heterocycles. The Morgan fingerprint density at radius 3 is 2.88 bits per heavy atom. The number of nitrogens with one attached hydrogen (secondary N) is 2. The highest BCUT2D eigenvalue weighted by atomic mass is 16.4. The van der Waals surface area contributed by atoms with Gasteiger partial charge >= 0.3 is 0 Å². The lowest BCUT2D eigenvalue weighted by Gasteiger charge is -2.14. The van der Waals surface area contributed by atoms with E-state index in [9.17, 15) is 9.59 Å². The average molecular weight is 238 g/mol. The maximum atomic E-state index is 11.7. The monoisotopic (exact) mass is 238 g/mol. The van der Waals surface area contributed by atoms with Gasteiger partial charge in [0.1, 0.15) is 5.69 Å². The lowest BCUT2D eigenvalue weighted by molar-refractivity contribution is 0.0940. The van der Waals surface area contributed by atoms with Gasteiger partial charge in [0.25, 0.3) is 5.91 Å². The third-order valence-electron chi connectivity index (χ3n) is 2.20. The largest absolute Gasteiger partial charge is 0.409 e. The first kappa shape index (κ1) is 12.8. The first-order valence-corrected chi connectivity index (χ1v) is 5.06. The van der Waals surface area contributed by atoms with Crippen LogP contribution in [0.15, 0.2) is 28.1 Å². The summed E-state index contributed by atoms with van der Waals surface area (Å²) >= 11 is 0. The minimum absolute atomic E-state index is 0.0841. The molecule has 0 aliphatic rings. The zero-order valence-corrected chi connectivity index (χ0v) is 9.30. The number of nitrogens with zero attached hydrogens (tertiary/aromatic N) is 1. The van der Waals surface area contributed by atoms with Gasteiger partial charge in [-0.25, -0.2) is 0 Å². The van der Waals surface area contributed by atoms with Gasteiger partial charge in [-0.05, 0) is 12.5 Å². The Labute approximate surface area is 97.3 Å². The van der Waals surface area contributed by atoms with Crippen LogP contribution in [0.1, 0.15) is 23.8 Å². The van der Waals surface area contributed by atoms with Gasteiger partial charge < -0.3 is 21.2 Å². The van der Waals surface area contributed by atoms with Gasteiger partial charge in [0.05, 0.1) is 6.04 Å². The molecule has 5 N–H and O–H groups in total. The van der Waals surface area contributed by atoms with E-state index in [1.165, 1.54) is 18.2 Å². The number of amidine groups is 1. The lowest BCUT2D eigenvalue weighted by atomic mass is 10.2. The highest BCUT2D eigenvalue weighted by Crippen LogP contribution is 1.96. The molecule has 0 radical (unpaired) electrons. The van der Waals surface area contributed by atoms with E-state index in [-0.39, 0.29) is 17.1 Å². The van der Waals surface area contributed by atoms with Crippen LogP contribution in [0.3, 0.4) is 0 Å². The van der Waals surface area contributed by atoms with E-state index in [1.54, 1.807) is 6.92 Å². The molecule has 7 nitrogen and oxygen atoms in total. The Bertz CT molecular complexity index is 480. The van der Waals surface area contributed by atoms with Crippen LogP contribution >= 0.6 is 0 Å². The van der Waals surface area contributed by atoms with Crippen molar-refractivity contribution in [2.24, 2.45) is 10.9 Å². The quantitative estimate of drug-likeness (QED) is 0.247. The first-order chi connectivity index (χ1) is 8.08. The molecule has 1 rings (SSSR count). The number of rotatable bonds is 4. The molecule has 7 heteroatoms. The molecule has 0 aromatic carbocycles. The van der Waals surface area contributed by atoms with E-state index in [1.807, 2.05) is 0 Å². The average Bonchev–Trinajstić information content (AvgIpc) is 2.34. The Balaban J connectivity index is 2.81. The number of aromatic amines is 1. The van der Waals surface area contributed by atoms with E-state index in [2.05, 4.69) is 15.5 Å². The predicted molar refractivity (Wildman–Crippen MR) is 62.0 cm³/mol. The summed E-state index contributed by atoms with van der Waals surface area (Å²) in [5, 5.41) is 13.9. The molecule has 1 atom stereocenters. The van der Waals surface area contributed by atoms with Crippen molar-refractivity contribution in [3.8, 4) is 0 Å². The molecular formula is C10H14N4O3. The summed E-state index contributed by atoms with van der Waals surface area (Å²) < 4.78 is 0. The molecule has 1 amide bonds. The number of hydrogen-bond acceptors (Lipinski definition) is 4. The van der Waals surface area contributed by atoms with Gasteiger partial charge in [0, 0.05) is 6.07 Å². The van der Waals surface area contributed by atoms with E-state index in [4.69, 9.17) is 10.9 Å². The number of nitrogens with two attached hydrogens (primary N) is 1. The second-order valence-corrected chi connectivity index (χ2v) is 3.39. The van der Waals surface area contributed by atoms with Crippen LogP contribution in [0.4, 0.5) is 0 Å². The fraction of sp³-hybridized carbons (Fsp3) is 0.300. The maximum absolute atomic E-state index is 11.7. The van der Waals surface area contributed by atoms with Crippen LogP contribution in [-0.4, -0.2) is 28.0 Å². The van der Waals surface area contributed by atoms with Gasteiger partial charge in [0.15, 0.2) is 5.84 Å². The number of pyridine rings is 1. The van der Waals surface area contributed by atoms with Gasteiger partial charge in [-0.1, -0.05) is 18.1 Å². The first-order valence-electron chi connectivity index (χ1n) is 5.06. The fourth-order valence-corrected chi connectivity index (χ4v) is 1.27. The van der Waals surface area contributed by atoms with Crippen LogP contribution < -0.4 is 16.6 Å². The number of oxime groups is 1. The number of carbonyl (C=O) groups excluding carboxylic acids is 1. The SMILES string of the molecule is CCC(NC(=O)c1cccc(=O)[nH]1)/C(N)=N/O. The number of H-pyrrole nitrogens is 1. The van der Waals surface area contributed by atoms with E-state index < -0.39 is 11.9 Å². The lowest BCUT2D eigenvalue weighted by Crippen LogP contribution is -2.44. The second kappa shape index (κ2) is 5.69. The van der Waals surface area contributed by atoms with Crippen molar-refractivity contribution < 1.29 is 10.0 Å². The Morgan fingerprint density at radius 2 is 2.35 bits per heavy atom. The van der Waals surface area contributed by atoms with E-state index >= 15 is 0 Å². The smallest absolute Gasteiger partial charge is 0.268 e. The molecule has 1 aromatic rings. The molecule has 0 spiro atoms. The summed E-state index contributed by atoms with van der Waals surface area (Å²) in [6.45, 7) is 1.77. The number of hydrogen-bond donors (Lipinski definition) is 4. The highest BCUT2D eigenvalue weighted by molar-refractivity contribution is 5.96. The predicted octanol–water partition coefficient (Wildman–Crippen LogP) is -0.370. The molecule has 0 fully saturated rings. The summed E-state index contributed by atoms with van der Waals surface area (Å²) in [5.74, 6) is -0.569. The molecule has 0 bridgehead atoms. The zero-order valence-electron chi connectivity index (χ0n) is 9.30. The summed E-state index contributed by atoms with van der Waals surface area (Å²) in [4.78, 5) is 25.1. The number of aromatic nitrogens is 1. The highest BCUT2D eigenvalue weighted by Gasteiger charge is 2.16. The van der Waals surface area contributed by atoms with Crippen LogP contribution in [0.5, 0.6) is 0 Å². The molecule has 1 aromatic heterocycles. The summed E-state index contributed by atoms with van der Waals surface area (Å²) in [5.41, 5.74) is 5.16. The minimum Gasteiger partial charge on any atom is -0.409 e. The van der Waals surface area contributed by atoms with Crippen molar-refractivity contribution in [1.82, 2.24) is 10.3 Å². The normalized spacial score (nSPS) is 13.1. The number of carbonyl (C=O) groups is 1. The Hall–Kier alpha value is -2.31. The zero-order chi connectivity index (χ0) is 12.8. The standard InChI is InChI=1S/C10H14N4O3/c1-2-6(9(11)14-17)13-10(16)7-4-3-5-8(15)12-7/h3-6,17H,2H2,1H3,(H2,11,14)(H,12,15)(H,13,16). The minimum atomic E-state index is -0.573. The number of amides is 1. The van der Waals surface area contributed by atoms with Gasteiger partial charge in [-0.3, -0.25) is 9.59 Å². The van der Waals surface area contributed by atoms with Crippen molar-refractivity contribution in [3.63, 3.8) is 0 Å². The third-order valence-corrected chi connectivity index (χ3v) is 2.20. The van der Waals surface area contributed by atoms with Gasteiger partial charge in [-0.2, -0.15) is 0 Å².